The zero-order valence-electron chi connectivity index (χ0n) is 21.3. The minimum absolute atomic E-state index is 0.0273. The molecule has 1 amide bonds. The van der Waals surface area contributed by atoms with Crippen molar-refractivity contribution >= 4 is 16.8 Å². The highest BCUT2D eigenvalue weighted by atomic mass is 16.5. The second-order valence-electron chi connectivity index (χ2n) is 10.2. The van der Waals surface area contributed by atoms with Crippen molar-refractivity contribution in [2.24, 2.45) is 13.0 Å². The first-order valence-corrected chi connectivity index (χ1v) is 13.1. The van der Waals surface area contributed by atoms with Gasteiger partial charge in [-0.2, -0.15) is 0 Å². The molecule has 0 bridgehead atoms. The van der Waals surface area contributed by atoms with Crippen molar-refractivity contribution in [3.05, 3.63) is 75.8 Å². The number of pyridine rings is 2. The fourth-order valence-electron chi connectivity index (χ4n) is 5.45. The summed E-state index contributed by atoms with van der Waals surface area (Å²) in [5.41, 5.74) is 4.12. The molecule has 7 heteroatoms. The number of rotatable bonds is 9. The Morgan fingerprint density at radius 3 is 2.81 bits per heavy atom. The maximum absolute atomic E-state index is 14.1. The van der Waals surface area contributed by atoms with E-state index in [1.165, 1.54) is 0 Å². The fraction of sp³-hybridized carbons (Fsp3) is 0.483. The zero-order chi connectivity index (χ0) is 25.1. The molecule has 2 atom stereocenters. The van der Waals surface area contributed by atoms with Crippen molar-refractivity contribution in [2.75, 3.05) is 26.8 Å². The molecule has 2 aliphatic rings. The van der Waals surface area contributed by atoms with Crippen LogP contribution >= 0.6 is 0 Å². The van der Waals surface area contributed by atoms with Gasteiger partial charge in [-0.1, -0.05) is 18.2 Å². The Morgan fingerprint density at radius 2 is 2.03 bits per heavy atom. The van der Waals surface area contributed by atoms with Crippen LogP contribution in [0.4, 0.5) is 0 Å². The van der Waals surface area contributed by atoms with Crippen LogP contribution in [0.2, 0.25) is 0 Å². The second-order valence-corrected chi connectivity index (χ2v) is 10.2. The molecule has 2 fully saturated rings. The number of ether oxygens (including phenoxy) is 1. The average molecular weight is 489 g/mol. The number of nitrogens with one attached hydrogen (secondary N) is 1. The molecule has 7 nitrogen and oxygen atoms in total. The van der Waals surface area contributed by atoms with E-state index in [1.54, 1.807) is 24.8 Å². The third-order valence-corrected chi connectivity index (χ3v) is 7.60. The van der Waals surface area contributed by atoms with Crippen molar-refractivity contribution < 1.29 is 9.53 Å². The van der Waals surface area contributed by atoms with Gasteiger partial charge >= 0.3 is 0 Å². The van der Waals surface area contributed by atoms with Gasteiger partial charge in [0, 0.05) is 63.2 Å². The molecule has 2 aromatic heterocycles. The number of piperidine rings is 1. The van der Waals surface area contributed by atoms with Crippen LogP contribution in [-0.4, -0.2) is 53.2 Å². The molecular weight excluding hydrogens is 452 g/mol. The number of nitrogens with zero attached hydrogens (tertiary/aromatic N) is 3. The third kappa shape index (κ3) is 5.37. The molecule has 1 aliphatic carbocycles. The number of carbonyl (C=O) groups excluding carboxylic acids is 1. The fourth-order valence-corrected chi connectivity index (χ4v) is 5.45. The Kier molecular flexibility index (Phi) is 7.48. The molecule has 5 rings (SSSR count). The summed E-state index contributed by atoms with van der Waals surface area (Å²) in [6.45, 7) is 2.78. The lowest BCUT2D eigenvalue weighted by Gasteiger charge is -2.36. The monoisotopic (exact) mass is 488 g/mol. The van der Waals surface area contributed by atoms with Gasteiger partial charge in [0.2, 0.25) is 5.91 Å². The van der Waals surface area contributed by atoms with Crippen molar-refractivity contribution in [3.8, 4) is 0 Å². The number of hydrogen-bond acceptors (Lipinski definition) is 5. The summed E-state index contributed by atoms with van der Waals surface area (Å²) in [5, 5.41) is 4.54. The molecule has 1 aliphatic heterocycles. The lowest BCUT2D eigenvalue weighted by Crippen LogP contribution is -2.47. The van der Waals surface area contributed by atoms with Gasteiger partial charge in [-0.3, -0.25) is 14.6 Å². The standard InChI is InChI=1S/C29H36N4O3/c1-32-14-12-20(17-28(32)34)24-11-13-30-18-26(24)29(35)33(23-9-10-23)19-21-16-22(6-5-15-36-2)31-27-8-4-3-7-25(21)27/h3-4,7-8,12,14,16-17,23-24,26,30H,5-6,9-11,13,15,18-19H2,1-2H3/t24-,26?/m1/s1. The quantitative estimate of drug-likeness (QED) is 0.467. The summed E-state index contributed by atoms with van der Waals surface area (Å²) in [6, 6.07) is 14.4. The molecule has 0 radical (unpaired) electrons. The molecule has 1 aromatic carbocycles. The van der Waals surface area contributed by atoms with Crippen molar-refractivity contribution in [3.63, 3.8) is 0 Å². The van der Waals surface area contributed by atoms with E-state index in [4.69, 9.17) is 9.72 Å². The number of methoxy groups -OCH3 is 1. The smallest absolute Gasteiger partial charge is 0.250 e. The Morgan fingerprint density at radius 1 is 1.19 bits per heavy atom. The second kappa shape index (κ2) is 10.9. The SMILES string of the molecule is COCCCc1cc(CN(C(=O)C2CNCC[C@@H]2c2ccn(C)c(=O)c2)C2CC2)c2ccccc2n1. The number of amides is 1. The van der Waals surface area contributed by atoms with Crippen LogP contribution in [0.5, 0.6) is 0 Å². The third-order valence-electron chi connectivity index (χ3n) is 7.60. The van der Waals surface area contributed by atoms with E-state index < -0.39 is 0 Å². The first kappa shape index (κ1) is 24.7. The van der Waals surface area contributed by atoms with Gasteiger partial charge in [0.05, 0.1) is 11.4 Å². The highest BCUT2D eigenvalue weighted by Gasteiger charge is 2.40. The summed E-state index contributed by atoms with van der Waals surface area (Å²) in [5.74, 6) is 0.0608. The van der Waals surface area contributed by atoms with E-state index >= 15 is 0 Å². The topological polar surface area (TPSA) is 76.5 Å². The summed E-state index contributed by atoms with van der Waals surface area (Å²) in [4.78, 5) is 33.4. The van der Waals surface area contributed by atoms with Crippen LogP contribution in [0.25, 0.3) is 10.9 Å². The highest BCUT2D eigenvalue weighted by molar-refractivity contribution is 5.84. The average Bonchev–Trinajstić information content (AvgIpc) is 3.74. The Balaban J connectivity index is 1.44. The van der Waals surface area contributed by atoms with Gasteiger partial charge in [-0.15, -0.1) is 0 Å². The first-order chi connectivity index (χ1) is 17.5. The Bertz CT molecular complexity index is 1280. The molecule has 190 valence electrons. The number of fused-ring (bicyclic) bond motifs is 1. The summed E-state index contributed by atoms with van der Waals surface area (Å²) >= 11 is 0. The summed E-state index contributed by atoms with van der Waals surface area (Å²) < 4.78 is 6.82. The van der Waals surface area contributed by atoms with E-state index in [2.05, 4.69) is 28.4 Å². The first-order valence-electron chi connectivity index (χ1n) is 13.1. The molecule has 3 heterocycles. The highest BCUT2D eigenvalue weighted by Crippen LogP contribution is 2.36. The maximum atomic E-state index is 14.1. The molecule has 0 spiro atoms. The Labute approximate surface area is 212 Å². The van der Waals surface area contributed by atoms with Crippen LogP contribution in [-0.2, 0) is 29.5 Å². The molecule has 3 aromatic rings. The summed E-state index contributed by atoms with van der Waals surface area (Å²) in [6.07, 6.45) is 6.52. The molecular formula is C29H36N4O3. The number of benzene rings is 1. The van der Waals surface area contributed by atoms with E-state index in [1.807, 2.05) is 24.4 Å². The molecule has 1 saturated carbocycles. The lowest BCUT2D eigenvalue weighted by atomic mass is 9.80. The number of hydrogen-bond donors (Lipinski definition) is 1. The zero-order valence-corrected chi connectivity index (χ0v) is 21.3. The summed E-state index contributed by atoms with van der Waals surface area (Å²) in [7, 11) is 3.48. The van der Waals surface area contributed by atoms with Gasteiger partial charge in [-0.05, 0) is 73.9 Å². The number of aromatic nitrogens is 2. The minimum atomic E-state index is -0.180. The van der Waals surface area contributed by atoms with Crippen LogP contribution in [0, 0.1) is 5.92 Å². The van der Waals surface area contributed by atoms with Crippen LogP contribution in [0.1, 0.15) is 48.4 Å². The normalized spacial score (nSPS) is 19.9. The van der Waals surface area contributed by atoms with E-state index in [-0.39, 0.29) is 29.3 Å². The molecule has 1 N–H and O–H groups in total. The minimum Gasteiger partial charge on any atom is -0.385 e. The predicted molar refractivity (Wildman–Crippen MR) is 141 cm³/mol. The molecule has 1 saturated heterocycles. The van der Waals surface area contributed by atoms with Gasteiger partial charge in [0.25, 0.3) is 5.56 Å². The van der Waals surface area contributed by atoms with E-state index in [9.17, 15) is 9.59 Å². The largest absolute Gasteiger partial charge is 0.385 e. The van der Waals surface area contributed by atoms with Crippen molar-refractivity contribution in [2.45, 2.75) is 50.6 Å². The number of aryl methyl sites for hydroxylation is 2. The number of carbonyl (C=O) groups is 1. The van der Waals surface area contributed by atoms with Crippen LogP contribution in [0.3, 0.4) is 0 Å². The number of para-hydroxylation sites is 1. The Hall–Kier alpha value is -3.03. The predicted octanol–water partition coefficient (Wildman–Crippen LogP) is 3.40. The van der Waals surface area contributed by atoms with E-state index in [0.29, 0.717) is 19.7 Å². The van der Waals surface area contributed by atoms with Crippen LogP contribution in [0.15, 0.2) is 53.5 Å². The van der Waals surface area contributed by atoms with E-state index in [0.717, 1.165) is 66.4 Å². The van der Waals surface area contributed by atoms with Crippen molar-refractivity contribution in [1.29, 1.82) is 0 Å². The molecule has 1 unspecified atom stereocenters. The van der Waals surface area contributed by atoms with Gasteiger partial charge < -0.3 is 19.5 Å². The molecule has 36 heavy (non-hydrogen) atoms. The van der Waals surface area contributed by atoms with Gasteiger partial charge in [0.15, 0.2) is 0 Å². The maximum Gasteiger partial charge on any atom is 0.250 e. The van der Waals surface area contributed by atoms with Crippen molar-refractivity contribution in [1.82, 2.24) is 19.8 Å². The lowest BCUT2D eigenvalue weighted by molar-refractivity contribution is -0.138. The van der Waals surface area contributed by atoms with Gasteiger partial charge in [-0.25, -0.2) is 0 Å². The van der Waals surface area contributed by atoms with Crippen LogP contribution < -0.4 is 10.9 Å². The van der Waals surface area contributed by atoms with Gasteiger partial charge in [0.1, 0.15) is 0 Å².